The van der Waals surface area contributed by atoms with Crippen LogP contribution >= 0.6 is 0 Å². The summed E-state index contributed by atoms with van der Waals surface area (Å²) in [5, 5.41) is 7.41. The van der Waals surface area contributed by atoms with Gasteiger partial charge in [-0.25, -0.2) is 17.8 Å². The molecule has 0 radical (unpaired) electrons. The second-order valence-electron chi connectivity index (χ2n) is 5.50. The van der Waals surface area contributed by atoms with E-state index in [2.05, 4.69) is 15.1 Å². The zero-order valence-corrected chi connectivity index (χ0v) is 13.1. The van der Waals surface area contributed by atoms with Gasteiger partial charge in [-0.3, -0.25) is 0 Å². The molecule has 1 aromatic carbocycles. The van der Waals surface area contributed by atoms with Crippen molar-refractivity contribution in [3.05, 3.63) is 42.7 Å². The molecule has 0 aliphatic carbocycles. The Labute approximate surface area is 130 Å². The van der Waals surface area contributed by atoms with E-state index in [-0.39, 0.29) is 4.90 Å². The zero-order chi connectivity index (χ0) is 15.4. The third-order valence-electron chi connectivity index (χ3n) is 3.90. The first-order valence-corrected chi connectivity index (χ1v) is 8.94. The number of hydrogen-bond acceptors (Lipinski definition) is 4. The topological polar surface area (TPSA) is 76.0 Å². The predicted octanol–water partition coefficient (Wildman–Crippen LogP) is 1.15. The van der Waals surface area contributed by atoms with Crippen LogP contribution in [0, 0.1) is 5.92 Å². The number of aromatic nitrogens is 2. The number of sulfonamides is 1. The molecular weight excluding hydrogens is 300 g/mol. The normalized spacial score (nSPS) is 18.6. The number of para-hydroxylation sites is 1. The van der Waals surface area contributed by atoms with Crippen LogP contribution in [0.3, 0.4) is 0 Å². The van der Waals surface area contributed by atoms with E-state index in [4.69, 9.17) is 0 Å². The molecule has 2 aromatic rings. The van der Waals surface area contributed by atoms with Gasteiger partial charge in [-0.1, -0.05) is 18.2 Å². The highest BCUT2D eigenvalue weighted by molar-refractivity contribution is 7.89. The molecule has 1 atom stereocenters. The zero-order valence-electron chi connectivity index (χ0n) is 12.3. The Bertz CT molecular complexity index is 706. The van der Waals surface area contributed by atoms with E-state index in [1.807, 2.05) is 30.3 Å². The van der Waals surface area contributed by atoms with Gasteiger partial charge >= 0.3 is 0 Å². The van der Waals surface area contributed by atoms with Crippen molar-refractivity contribution in [2.45, 2.75) is 17.7 Å². The fraction of sp³-hybridized carbons (Fsp3) is 0.400. The van der Waals surface area contributed by atoms with Gasteiger partial charge in [0.25, 0.3) is 0 Å². The summed E-state index contributed by atoms with van der Waals surface area (Å²) in [6.07, 6.45) is 4.90. The first-order chi connectivity index (χ1) is 10.6. The molecular formula is C15H20N4O2S. The summed E-state index contributed by atoms with van der Waals surface area (Å²) in [6, 6.07) is 9.44. The molecule has 6 nitrogen and oxygen atoms in total. The smallest absolute Gasteiger partial charge is 0.243 e. The quantitative estimate of drug-likeness (QED) is 0.837. The van der Waals surface area contributed by atoms with E-state index >= 15 is 0 Å². The van der Waals surface area contributed by atoms with Crippen LogP contribution in [-0.2, 0) is 10.0 Å². The van der Waals surface area contributed by atoms with Gasteiger partial charge in [-0.2, -0.15) is 5.10 Å². The van der Waals surface area contributed by atoms with Crippen molar-refractivity contribution >= 4 is 10.0 Å². The standard InChI is InChI=1S/C15H20N4O2S/c20-22(21,18-9-7-13-6-8-16-10-13)15-11-17-19(12-15)14-4-2-1-3-5-14/h1-5,11-13,16,18H,6-10H2. The fourth-order valence-electron chi connectivity index (χ4n) is 2.61. The average molecular weight is 320 g/mol. The summed E-state index contributed by atoms with van der Waals surface area (Å²) < 4.78 is 28.8. The molecule has 0 spiro atoms. The summed E-state index contributed by atoms with van der Waals surface area (Å²) in [7, 11) is -3.49. The van der Waals surface area contributed by atoms with Crippen LogP contribution in [-0.4, -0.2) is 37.8 Å². The van der Waals surface area contributed by atoms with Crippen molar-refractivity contribution in [2.75, 3.05) is 19.6 Å². The van der Waals surface area contributed by atoms with Gasteiger partial charge in [0, 0.05) is 6.54 Å². The number of nitrogens with one attached hydrogen (secondary N) is 2. The van der Waals surface area contributed by atoms with Crippen LogP contribution in [0.5, 0.6) is 0 Å². The lowest BCUT2D eigenvalue weighted by Gasteiger charge is -2.08. The molecule has 2 N–H and O–H groups in total. The van der Waals surface area contributed by atoms with Crippen molar-refractivity contribution in [1.82, 2.24) is 19.8 Å². The van der Waals surface area contributed by atoms with E-state index < -0.39 is 10.0 Å². The lowest BCUT2D eigenvalue weighted by Crippen LogP contribution is -2.26. The number of rotatable bonds is 6. The summed E-state index contributed by atoms with van der Waals surface area (Å²) in [6.45, 7) is 2.47. The third-order valence-corrected chi connectivity index (χ3v) is 5.31. The second-order valence-corrected chi connectivity index (χ2v) is 7.27. The third kappa shape index (κ3) is 3.55. The second kappa shape index (κ2) is 6.60. The summed E-state index contributed by atoms with van der Waals surface area (Å²) in [5.74, 6) is 0.565. The van der Waals surface area contributed by atoms with Gasteiger partial charge in [-0.05, 0) is 44.0 Å². The van der Waals surface area contributed by atoms with Crippen molar-refractivity contribution < 1.29 is 8.42 Å². The molecule has 1 fully saturated rings. The largest absolute Gasteiger partial charge is 0.316 e. The molecule has 2 heterocycles. The molecule has 1 aliphatic rings. The molecule has 22 heavy (non-hydrogen) atoms. The summed E-state index contributed by atoms with van der Waals surface area (Å²) in [5.41, 5.74) is 0.834. The van der Waals surface area contributed by atoms with Crippen molar-refractivity contribution in [3.63, 3.8) is 0 Å². The highest BCUT2D eigenvalue weighted by Crippen LogP contribution is 2.14. The maximum Gasteiger partial charge on any atom is 0.243 e. The Morgan fingerprint density at radius 2 is 2.14 bits per heavy atom. The van der Waals surface area contributed by atoms with Crippen LogP contribution < -0.4 is 10.0 Å². The number of benzene rings is 1. The maximum atomic E-state index is 12.3. The molecule has 1 saturated heterocycles. The summed E-state index contributed by atoms with van der Waals surface area (Å²) >= 11 is 0. The minimum Gasteiger partial charge on any atom is -0.316 e. The lowest BCUT2D eigenvalue weighted by molar-refractivity contribution is 0.519. The highest BCUT2D eigenvalue weighted by atomic mass is 32.2. The van der Waals surface area contributed by atoms with Gasteiger partial charge in [-0.15, -0.1) is 0 Å². The van der Waals surface area contributed by atoms with Crippen molar-refractivity contribution in [1.29, 1.82) is 0 Å². The Hall–Kier alpha value is -1.70. The van der Waals surface area contributed by atoms with Crippen LogP contribution in [0.25, 0.3) is 5.69 Å². The molecule has 0 saturated carbocycles. The van der Waals surface area contributed by atoms with Crippen LogP contribution in [0.4, 0.5) is 0 Å². The van der Waals surface area contributed by atoms with E-state index in [0.717, 1.165) is 31.6 Å². The fourth-order valence-corrected chi connectivity index (χ4v) is 3.59. The summed E-state index contributed by atoms with van der Waals surface area (Å²) in [4.78, 5) is 0.195. The number of nitrogens with zero attached hydrogens (tertiary/aromatic N) is 2. The molecule has 3 rings (SSSR count). The lowest BCUT2D eigenvalue weighted by atomic mass is 10.1. The molecule has 1 unspecified atom stereocenters. The first-order valence-electron chi connectivity index (χ1n) is 7.46. The van der Waals surface area contributed by atoms with Gasteiger partial charge in [0.2, 0.25) is 10.0 Å². The van der Waals surface area contributed by atoms with Gasteiger partial charge < -0.3 is 5.32 Å². The predicted molar refractivity (Wildman–Crippen MR) is 84.3 cm³/mol. The first kappa shape index (κ1) is 15.2. The van der Waals surface area contributed by atoms with Gasteiger partial charge in [0.05, 0.1) is 18.1 Å². The molecule has 0 amide bonds. The Balaban J connectivity index is 1.63. The molecule has 1 aliphatic heterocycles. The Morgan fingerprint density at radius 3 is 2.86 bits per heavy atom. The SMILES string of the molecule is O=S(=O)(NCCC1CCNC1)c1cnn(-c2ccccc2)c1. The molecule has 1 aromatic heterocycles. The maximum absolute atomic E-state index is 12.3. The van der Waals surface area contributed by atoms with E-state index in [9.17, 15) is 8.42 Å². The van der Waals surface area contributed by atoms with Gasteiger partial charge in [0.15, 0.2) is 0 Å². The minimum absolute atomic E-state index is 0.195. The van der Waals surface area contributed by atoms with Crippen LogP contribution in [0.15, 0.2) is 47.6 Å². The van der Waals surface area contributed by atoms with Crippen LogP contribution in [0.2, 0.25) is 0 Å². The molecule has 7 heteroatoms. The van der Waals surface area contributed by atoms with Gasteiger partial charge in [0.1, 0.15) is 4.90 Å². The van der Waals surface area contributed by atoms with Crippen molar-refractivity contribution in [3.8, 4) is 5.69 Å². The minimum atomic E-state index is -3.49. The monoisotopic (exact) mass is 320 g/mol. The Morgan fingerprint density at radius 1 is 1.32 bits per heavy atom. The van der Waals surface area contributed by atoms with Crippen molar-refractivity contribution in [2.24, 2.45) is 5.92 Å². The average Bonchev–Trinajstić information content (AvgIpc) is 3.20. The Kier molecular flexibility index (Phi) is 4.56. The van der Waals surface area contributed by atoms with E-state index in [0.29, 0.717) is 12.5 Å². The molecule has 0 bridgehead atoms. The van der Waals surface area contributed by atoms with E-state index in [1.54, 1.807) is 4.68 Å². The van der Waals surface area contributed by atoms with E-state index in [1.165, 1.54) is 12.4 Å². The number of hydrogen-bond donors (Lipinski definition) is 2. The molecule has 118 valence electrons. The van der Waals surface area contributed by atoms with Crippen LogP contribution in [0.1, 0.15) is 12.8 Å². The highest BCUT2D eigenvalue weighted by Gasteiger charge is 2.19.